The number of hydrogen-bond donors (Lipinski definition) is 1. The molecule has 3 atom stereocenters. The second kappa shape index (κ2) is 7.28. The summed E-state index contributed by atoms with van der Waals surface area (Å²) in [6, 6.07) is 9.98. The van der Waals surface area contributed by atoms with Crippen LogP contribution in [-0.4, -0.2) is 65.7 Å². The van der Waals surface area contributed by atoms with Crippen LogP contribution in [0.3, 0.4) is 0 Å². The molecule has 3 aliphatic rings. The molecule has 0 spiro atoms. The highest BCUT2D eigenvalue weighted by atomic mass is 16.5. The van der Waals surface area contributed by atoms with Crippen molar-refractivity contribution < 1.29 is 14.6 Å². The smallest absolute Gasteiger partial charge is 0.155 e. The van der Waals surface area contributed by atoms with Crippen LogP contribution in [0.25, 0.3) is 0 Å². The predicted octanol–water partition coefficient (Wildman–Crippen LogP) is 2.54. The van der Waals surface area contributed by atoms with Gasteiger partial charge in [0.2, 0.25) is 0 Å². The van der Waals surface area contributed by atoms with Crippen LogP contribution >= 0.6 is 0 Å². The van der Waals surface area contributed by atoms with Gasteiger partial charge in [-0.3, -0.25) is 4.99 Å². The van der Waals surface area contributed by atoms with Gasteiger partial charge in [0.25, 0.3) is 0 Å². The molecule has 1 N–H and O–H groups in total. The van der Waals surface area contributed by atoms with Crippen LogP contribution in [0, 0.1) is 0 Å². The second-order valence-corrected chi connectivity index (χ2v) is 7.88. The van der Waals surface area contributed by atoms with Gasteiger partial charge < -0.3 is 19.5 Å². The fourth-order valence-electron chi connectivity index (χ4n) is 3.82. The predicted molar refractivity (Wildman–Crippen MR) is 110 cm³/mol. The Morgan fingerprint density at radius 3 is 2.64 bits per heavy atom. The van der Waals surface area contributed by atoms with E-state index in [9.17, 15) is 5.11 Å². The molecule has 1 aromatic rings. The Bertz CT molecular complexity index is 870. The van der Waals surface area contributed by atoms with Gasteiger partial charge in [-0.2, -0.15) is 0 Å². The first-order valence-corrected chi connectivity index (χ1v) is 9.67. The van der Waals surface area contributed by atoms with E-state index in [4.69, 9.17) is 19.5 Å². The molecular weight excluding hydrogens is 354 g/mol. The first-order chi connectivity index (χ1) is 13.4. The highest BCUT2D eigenvalue weighted by molar-refractivity contribution is 6.12. The maximum absolute atomic E-state index is 11.1. The van der Waals surface area contributed by atoms with Crippen LogP contribution in [0.15, 0.2) is 63.9 Å². The normalized spacial score (nSPS) is 28.0. The number of hydrogen-bond acceptors (Lipinski definition) is 6. The van der Waals surface area contributed by atoms with Crippen molar-refractivity contribution in [2.45, 2.75) is 44.6 Å². The summed E-state index contributed by atoms with van der Waals surface area (Å²) in [4.78, 5) is 12.0. The van der Waals surface area contributed by atoms with E-state index in [-0.39, 0.29) is 11.6 Å². The minimum atomic E-state index is -0.860. The van der Waals surface area contributed by atoms with Gasteiger partial charge in [0.05, 0.1) is 30.5 Å². The first-order valence-electron chi connectivity index (χ1n) is 9.67. The monoisotopic (exact) mass is 381 g/mol. The lowest BCUT2D eigenvalue weighted by atomic mass is 9.90. The molecule has 6 heteroatoms. The number of methoxy groups -OCH3 is 1. The number of nitrogens with zero attached hydrogens (tertiary/aromatic N) is 3. The largest absolute Gasteiger partial charge is 0.384 e. The molecule has 0 amide bonds. The average molecular weight is 381 g/mol. The molecule has 1 aromatic carbocycles. The van der Waals surface area contributed by atoms with Gasteiger partial charge in [0, 0.05) is 18.9 Å². The van der Waals surface area contributed by atoms with Gasteiger partial charge in [-0.25, -0.2) is 4.99 Å². The zero-order valence-corrected chi connectivity index (χ0v) is 16.8. The number of aliphatic hydroxyl groups is 1. The summed E-state index contributed by atoms with van der Waals surface area (Å²) in [6.45, 7) is 7.28. The van der Waals surface area contributed by atoms with E-state index in [0.29, 0.717) is 18.9 Å². The molecule has 6 nitrogen and oxygen atoms in total. The van der Waals surface area contributed by atoms with Gasteiger partial charge in [-0.1, -0.05) is 30.3 Å². The summed E-state index contributed by atoms with van der Waals surface area (Å²) < 4.78 is 11.2. The maximum atomic E-state index is 11.1. The van der Waals surface area contributed by atoms with Crippen molar-refractivity contribution in [3.63, 3.8) is 0 Å². The van der Waals surface area contributed by atoms with Crippen LogP contribution in [0.4, 0.5) is 0 Å². The van der Waals surface area contributed by atoms with Crippen molar-refractivity contribution >= 4 is 11.5 Å². The molecule has 28 heavy (non-hydrogen) atoms. The Hall–Kier alpha value is -2.28. The second-order valence-electron chi connectivity index (χ2n) is 7.88. The summed E-state index contributed by atoms with van der Waals surface area (Å²) in [5.74, 6) is 0.843. The van der Waals surface area contributed by atoms with E-state index in [2.05, 4.69) is 25.7 Å². The lowest BCUT2D eigenvalue weighted by molar-refractivity contribution is -0.00973. The van der Waals surface area contributed by atoms with Crippen LogP contribution in [0.5, 0.6) is 0 Å². The van der Waals surface area contributed by atoms with E-state index in [1.165, 1.54) is 0 Å². The molecule has 0 saturated heterocycles. The van der Waals surface area contributed by atoms with Crippen LogP contribution in [0.2, 0.25) is 0 Å². The molecule has 0 aliphatic carbocycles. The Kier molecular flexibility index (Phi) is 4.95. The van der Waals surface area contributed by atoms with E-state index in [1.807, 2.05) is 42.6 Å². The summed E-state index contributed by atoms with van der Waals surface area (Å²) in [5, 5.41) is 11.1. The third-order valence-corrected chi connectivity index (χ3v) is 5.74. The number of benzene rings is 1. The van der Waals surface area contributed by atoms with Crippen molar-refractivity contribution in [1.29, 1.82) is 0 Å². The number of ether oxygens (including phenoxy) is 2. The highest BCUT2D eigenvalue weighted by Crippen LogP contribution is 2.38. The van der Waals surface area contributed by atoms with Gasteiger partial charge in [0.1, 0.15) is 17.9 Å². The summed E-state index contributed by atoms with van der Waals surface area (Å²) >= 11 is 0. The third kappa shape index (κ3) is 3.11. The van der Waals surface area contributed by atoms with E-state index in [0.717, 1.165) is 22.7 Å². The summed E-state index contributed by atoms with van der Waals surface area (Å²) in [7, 11) is 1.64. The zero-order chi connectivity index (χ0) is 19.9. The fourth-order valence-corrected chi connectivity index (χ4v) is 3.82. The lowest BCUT2D eigenvalue weighted by Gasteiger charge is -2.36. The van der Waals surface area contributed by atoms with Crippen molar-refractivity contribution in [2.75, 3.05) is 20.3 Å². The SMILES string of the molecule is COCCO[C@H]1C2=C(N=C(c3ccccc3)[C@@H]1O)C1=NC(C)(C)C(C)N1C=C2. The van der Waals surface area contributed by atoms with Gasteiger partial charge in [0.15, 0.2) is 5.84 Å². The molecule has 4 rings (SSSR count). The Labute approximate surface area is 165 Å². The van der Waals surface area contributed by atoms with Crippen LogP contribution < -0.4 is 0 Å². The Morgan fingerprint density at radius 2 is 1.93 bits per heavy atom. The Morgan fingerprint density at radius 1 is 1.18 bits per heavy atom. The third-order valence-electron chi connectivity index (χ3n) is 5.74. The van der Waals surface area contributed by atoms with Crippen molar-refractivity contribution in [2.24, 2.45) is 9.98 Å². The molecule has 3 heterocycles. The number of aliphatic hydroxyl groups excluding tert-OH is 1. The van der Waals surface area contributed by atoms with Gasteiger partial charge in [-0.05, 0) is 32.4 Å². The molecule has 3 aliphatic heterocycles. The average Bonchev–Trinajstić information content (AvgIpc) is 2.93. The quantitative estimate of drug-likeness (QED) is 0.796. The molecule has 0 saturated carbocycles. The van der Waals surface area contributed by atoms with Crippen molar-refractivity contribution in [1.82, 2.24) is 4.90 Å². The molecule has 0 fully saturated rings. The fraction of sp³-hybridized carbons (Fsp3) is 0.455. The lowest BCUT2D eigenvalue weighted by Crippen LogP contribution is -2.45. The highest BCUT2D eigenvalue weighted by Gasteiger charge is 2.45. The molecule has 0 bridgehead atoms. The molecular formula is C22H27N3O3. The number of fused-ring (bicyclic) bond motifs is 2. The topological polar surface area (TPSA) is 66.6 Å². The van der Waals surface area contributed by atoms with Gasteiger partial charge in [-0.15, -0.1) is 0 Å². The molecule has 0 radical (unpaired) electrons. The molecule has 1 unspecified atom stereocenters. The van der Waals surface area contributed by atoms with Crippen LogP contribution in [0.1, 0.15) is 26.3 Å². The molecule has 0 aromatic heterocycles. The summed E-state index contributed by atoms with van der Waals surface area (Å²) in [5.41, 5.74) is 2.92. The maximum Gasteiger partial charge on any atom is 0.155 e. The number of rotatable bonds is 5. The van der Waals surface area contributed by atoms with Gasteiger partial charge >= 0.3 is 0 Å². The minimum absolute atomic E-state index is 0.215. The number of amidine groups is 1. The minimum Gasteiger partial charge on any atom is -0.384 e. The van der Waals surface area contributed by atoms with E-state index < -0.39 is 12.2 Å². The molecule has 148 valence electrons. The van der Waals surface area contributed by atoms with E-state index in [1.54, 1.807) is 7.11 Å². The Balaban J connectivity index is 1.81. The van der Waals surface area contributed by atoms with Crippen LogP contribution in [-0.2, 0) is 9.47 Å². The standard InChI is InChI=1S/C22H27N3O3/c1-14-22(2,3)24-21-18-16(10-11-25(14)21)20(28-13-12-27-4)19(26)17(23-18)15-8-6-5-7-9-15/h5-11,14,19-20,26H,12-13H2,1-4H3/t14?,19-,20-/m0/s1. The zero-order valence-electron chi connectivity index (χ0n) is 16.8. The van der Waals surface area contributed by atoms with Crippen molar-refractivity contribution in [3.8, 4) is 0 Å². The van der Waals surface area contributed by atoms with Crippen molar-refractivity contribution in [3.05, 3.63) is 59.4 Å². The first kappa shape index (κ1) is 19.1. The van der Waals surface area contributed by atoms with E-state index >= 15 is 0 Å². The number of aliphatic imine (C=N–C) groups is 2. The summed E-state index contributed by atoms with van der Waals surface area (Å²) in [6.07, 6.45) is 2.65.